The average molecular weight is 297 g/mol. The predicted molar refractivity (Wildman–Crippen MR) is 87.2 cm³/mol. The van der Waals surface area contributed by atoms with Crippen molar-refractivity contribution in [3.8, 4) is 0 Å². The Morgan fingerprint density at radius 3 is 2.52 bits per heavy atom. The lowest BCUT2D eigenvalue weighted by atomic mass is 9.68. The Balaban J connectivity index is 1.82. The fourth-order valence-corrected chi connectivity index (χ4v) is 2.89. The minimum atomic E-state index is -0.759. The molecule has 104 valence electrons. The van der Waals surface area contributed by atoms with Crippen LogP contribution < -0.4 is 10.4 Å². The molecule has 1 fully saturated rings. The molecule has 2 aliphatic rings. The van der Waals surface area contributed by atoms with Gasteiger partial charge in [-0.3, -0.25) is 4.92 Å². The molecule has 1 heterocycles. The quantitative estimate of drug-likeness (QED) is 0.865. The Hall–Kier alpha value is -1.78. The SMILES string of the molecule is OB1c2ccccc2C(C2CC2)=NN1c1ccc(Cl)cc1. The summed E-state index contributed by atoms with van der Waals surface area (Å²) in [5.41, 5.74) is 3.94. The van der Waals surface area contributed by atoms with Gasteiger partial charge in [0.2, 0.25) is 0 Å². The molecule has 5 heteroatoms. The first-order valence-corrected chi connectivity index (χ1v) is 7.52. The van der Waals surface area contributed by atoms with Crippen molar-refractivity contribution >= 4 is 35.5 Å². The summed E-state index contributed by atoms with van der Waals surface area (Å²) in [6.45, 7) is 0. The van der Waals surface area contributed by atoms with Crippen molar-refractivity contribution in [2.24, 2.45) is 11.0 Å². The zero-order valence-corrected chi connectivity index (χ0v) is 12.2. The van der Waals surface area contributed by atoms with Gasteiger partial charge in [-0.15, -0.1) is 0 Å². The maximum atomic E-state index is 10.6. The summed E-state index contributed by atoms with van der Waals surface area (Å²) in [6, 6.07) is 15.4. The summed E-state index contributed by atoms with van der Waals surface area (Å²) in [7, 11) is -0.759. The molecule has 1 N–H and O–H groups in total. The number of halogens is 1. The molecule has 1 aliphatic heterocycles. The Morgan fingerprint density at radius 1 is 1.10 bits per heavy atom. The van der Waals surface area contributed by atoms with E-state index in [1.807, 2.05) is 42.5 Å². The maximum Gasteiger partial charge on any atom is 0.471 e. The fourth-order valence-electron chi connectivity index (χ4n) is 2.76. The highest BCUT2D eigenvalue weighted by Gasteiger charge is 2.38. The lowest BCUT2D eigenvalue weighted by Crippen LogP contribution is -2.52. The molecule has 2 aromatic rings. The van der Waals surface area contributed by atoms with E-state index >= 15 is 0 Å². The summed E-state index contributed by atoms with van der Waals surface area (Å²) >= 11 is 5.94. The van der Waals surface area contributed by atoms with Crippen LogP contribution in [0.3, 0.4) is 0 Å². The molecule has 0 unspecified atom stereocenters. The van der Waals surface area contributed by atoms with Crippen molar-refractivity contribution in [3.63, 3.8) is 0 Å². The summed E-state index contributed by atoms with van der Waals surface area (Å²) < 4.78 is 0. The molecule has 21 heavy (non-hydrogen) atoms. The van der Waals surface area contributed by atoms with Gasteiger partial charge in [-0.25, -0.2) is 0 Å². The number of anilines is 1. The Labute approximate surface area is 129 Å². The number of hydrazone groups is 1. The van der Waals surface area contributed by atoms with Gasteiger partial charge in [0.1, 0.15) is 0 Å². The van der Waals surface area contributed by atoms with Crippen molar-refractivity contribution in [1.82, 2.24) is 0 Å². The Kier molecular flexibility index (Phi) is 3.02. The van der Waals surface area contributed by atoms with Gasteiger partial charge in [0.25, 0.3) is 0 Å². The third-order valence-electron chi connectivity index (χ3n) is 4.02. The van der Waals surface area contributed by atoms with E-state index in [4.69, 9.17) is 16.7 Å². The standard InChI is InChI=1S/C16H14BClN2O/c18-12-7-9-13(10-8-12)20-17(21)15-4-2-1-3-14(15)16(19-20)11-5-6-11/h1-4,7-11,21H,5-6H2. The number of nitrogens with zero attached hydrogens (tertiary/aromatic N) is 2. The molecule has 0 amide bonds. The zero-order valence-electron chi connectivity index (χ0n) is 11.4. The Bertz CT molecular complexity index is 712. The van der Waals surface area contributed by atoms with Gasteiger partial charge in [0, 0.05) is 16.6 Å². The molecular formula is C16H14BClN2O. The minimum absolute atomic E-state index is 0.522. The van der Waals surface area contributed by atoms with E-state index in [1.54, 1.807) is 4.92 Å². The largest absolute Gasteiger partial charge is 0.471 e. The number of hydrogen-bond donors (Lipinski definition) is 1. The number of benzene rings is 2. The second-order valence-electron chi connectivity index (χ2n) is 5.54. The second kappa shape index (κ2) is 4.90. The molecule has 0 radical (unpaired) electrons. The van der Waals surface area contributed by atoms with E-state index < -0.39 is 7.05 Å². The van der Waals surface area contributed by atoms with Crippen molar-refractivity contribution in [3.05, 3.63) is 59.1 Å². The van der Waals surface area contributed by atoms with Crippen LogP contribution in [0.4, 0.5) is 5.69 Å². The molecule has 0 spiro atoms. The molecular weight excluding hydrogens is 282 g/mol. The van der Waals surface area contributed by atoms with Crippen LogP contribution in [0, 0.1) is 5.92 Å². The predicted octanol–water partition coefficient (Wildman–Crippen LogP) is 2.66. The molecule has 1 saturated carbocycles. The van der Waals surface area contributed by atoms with Gasteiger partial charge in [-0.1, -0.05) is 35.9 Å². The van der Waals surface area contributed by atoms with E-state index in [2.05, 4.69) is 6.07 Å². The van der Waals surface area contributed by atoms with Crippen LogP contribution >= 0.6 is 11.6 Å². The maximum absolute atomic E-state index is 10.6. The zero-order chi connectivity index (χ0) is 14.4. The molecule has 3 nitrogen and oxygen atoms in total. The normalized spacial score (nSPS) is 17.5. The lowest BCUT2D eigenvalue weighted by Gasteiger charge is -2.30. The first-order chi connectivity index (χ1) is 10.2. The molecule has 0 saturated heterocycles. The molecule has 1 aliphatic carbocycles. The van der Waals surface area contributed by atoms with Gasteiger partial charge in [0.05, 0.1) is 5.71 Å². The first kappa shape index (κ1) is 12.9. The smallest absolute Gasteiger partial charge is 0.427 e. The fraction of sp³-hybridized carbons (Fsp3) is 0.188. The molecule has 0 aromatic heterocycles. The van der Waals surface area contributed by atoms with E-state index in [-0.39, 0.29) is 0 Å². The van der Waals surface area contributed by atoms with Gasteiger partial charge in [-0.2, -0.15) is 5.10 Å². The van der Waals surface area contributed by atoms with Crippen LogP contribution in [0.15, 0.2) is 53.6 Å². The third-order valence-corrected chi connectivity index (χ3v) is 4.27. The first-order valence-electron chi connectivity index (χ1n) is 7.15. The third kappa shape index (κ3) is 2.25. The van der Waals surface area contributed by atoms with Gasteiger partial charge in [-0.05, 0) is 48.1 Å². The summed E-state index contributed by atoms with van der Waals surface area (Å²) in [4.78, 5) is 1.69. The highest BCUT2D eigenvalue weighted by molar-refractivity contribution is 6.72. The molecule has 0 bridgehead atoms. The summed E-state index contributed by atoms with van der Waals surface area (Å²) in [5, 5.41) is 16.1. The van der Waals surface area contributed by atoms with E-state index in [0.717, 1.165) is 22.4 Å². The Morgan fingerprint density at radius 2 is 1.81 bits per heavy atom. The van der Waals surface area contributed by atoms with Gasteiger partial charge < -0.3 is 5.02 Å². The topological polar surface area (TPSA) is 35.8 Å². The van der Waals surface area contributed by atoms with Crippen LogP contribution in [-0.2, 0) is 0 Å². The monoisotopic (exact) mass is 296 g/mol. The lowest BCUT2D eigenvalue weighted by molar-refractivity contribution is 0.577. The highest BCUT2D eigenvalue weighted by atomic mass is 35.5. The van der Waals surface area contributed by atoms with Crippen molar-refractivity contribution < 1.29 is 5.02 Å². The van der Waals surface area contributed by atoms with Gasteiger partial charge in [0.15, 0.2) is 0 Å². The van der Waals surface area contributed by atoms with Gasteiger partial charge >= 0.3 is 7.05 Å². The van der Waals surface area contributed by atoms with E-state index in [0.29, 0.717) is 10.9 Å². The highest BCUT2D eigenvalue weighted by Crippen LogP contribution is 2.35. The van der Waals surface area contributed by atoms with Crippen LogP contribution in [0.1, 0.15) is 18.4 Å². The number of fused-ring (bicyclic) bond motifs is 1. The number of hydrogen-bond acceptors (Lipinski definition) is 3. The van der Waals surface area contributed by atoms with Crippen molar-refractivity contribution in [1.29, 1.82) is 0 Å². The second-order valence-corrected chi connectivity index (χ2v) is 5.98. The van der Waals surface area contributed by atoms with E-state index in [9.17, 15) is 5.02 Å². The summed E-state index contributed by atoms with van der Waals surface area (Å²) in [5.74, 6) is 0.522. The van der Waals surface area contributed by atoms with Crippen LogP contribution in [0.25, 0.3) is 0 Å². The number of rotatable bonds is 2. The van der Waals surface area contributed by atoms with Crippen molar-refractivity contribution in [2.75, 3.05) is 4.92 Å². The molecule has 0 atom stereocenters. The average Bonchev–Trinajstić information content (AvgIpc) is 3.34. The van der Waals surface area contributed by atoms with Crippen LogP contribution in [-0.4, -0.2) is 17.8 Å². The van der Waals surface area contributed by atoms with Crippen molar-refractivity contribution in [2.45, 2.75) is 12.8 Å². The van der Waals surface area contributed by atoms with E-state index in [1.165, 1.54) is 12.8 Å². The minimum Gasteiger partial charge on any atom is -0.427 e. The van der Waals surface area contributed by atoms with Crippen LogP contribution in [0.5, 0.6) is 0 Å². The summed E-state index contributed by atoms with van der Waals surface area (Å²) in [6.07, 6.45) is 2.36. The van der Waals surface area contributed by atoms with Crippen LogP contribution in [0.2, 0.25) is 5.02 Å². The molecule has 4 rings (SSSR count). The molecule has 2 aromatic carbocycles.